The summed E-state index contributed by atoms with van der Waals surface area (Å²) >= 11 is 3.06. The van der Waals surface area contributed by atoms with E-state index >= 15 is 0 Å². The lowest BCUT2D eigenvalue weighted by molar-refractivity contribution is -0.135. The molecule has 32 heavy (non-hydrogen) atoms. The average Bonchev–Trinajstić information content (AvgIpc) is 3.48. The lowest BCUT2D eigenvalue weighted by atomic mass is 10.0. The summed E-state index contributed by atoms with van der Waals surface area (Å²) in [4.78, 5) is 31.6. The molecule has 0 saturated carbocycles. The number of fused-ring (bicyclic) bond motifs is 1. The molecular weight excluding hydrogens is 447 g/mol. The van der Waals surface area contributed by atoms with Gasteiger partial charge in [-0.3, -0.25) is 9.59 Å². The maximum absolute atomic E-state index is 13.6. The molecule has 0 fully saturated rings. The molecule has 2 aromatic heterocycles. The van der Waals surface area contributed by atoms with E-state index in [1.165, 1.54) is 28.3 Å². The van der Waals surface area contributed by atoms with E-state index in [1.807, 2.05) is 29.8 Å². The zero-order chi connectivity index (χ0) is 22.5. The van der Waals surface area contributed by atoms with Crippen molar-refractivity contribution >= 4 is 34.5 Å². The molecular formula is C24H25FN2O3S2. The quantitative estimate of drug-likeness (QED) is 0.463. The van der Waals surface area contributed by atoms with Crippen LogP contribution in [-0.4, -0.2) is 47.9 Å². The molecule has 3 aromatic rings. The van der Waals surface area contributed by atoms with Crippen LogP contribution in [0.1, 0.15) is 39.5 Å². The summed E-state index contributed by atoms with van der Waals surface area (Å²) in [5.41, 5.74) is 1.07. The van der Waals surface area contributed by atoms with Gasteiger partial charge in [-0.15, -0.1) is 22.7 Å². The second-order valence-electron chi connectivity index (χ2n) is 7.62. The van der Waals surface area contributed by atoms with Crippen molar-refractivity contribution in [3.8, 4) is 5.75 Å². The fourth-order valence-corrected chi connectivity index (χ4v) is 5.56. The molecule has 1 atom stereocenters. The molecule has 4 rings (SSSR count). The molecule has 0 spiro atoms. The van der Waals surface area contributed by atoms with Crippen molar-refractivity contribution < 1.29 is 18.7 Å². The van der Waals surface area contributed by atoms with Crippen molar-refractivity contribution in [1.29, 1.82) is 0 Å². The Morgan fingerprint density at radius 1 is 1.19 bits per heavy atom. The zero-order valence-corrected chi connectivity index (χ0v) is 19.5. The number of halogens is 1. The number of hydrogen-bond acceptors (Lipinski definition) is 5. The minimum atomic E-state index is -0.363. The van der Waals surface area contributed by atoms with Gasteiger partial charge in [-0.25, -0.2) is 4.39 Å². The Morgan fingerprint density at radius 2 is 2.06 bits per heavy atom. The van der Waals surface area contributed by atoms with E-state index in [1.54, 1.807) is 39.3 Å². The van der Waals surface area contributed by atoms with Crippen LogP contribution < -0.4 is 4.74 Å². The van der Waals surface area contributed by atoms with Crippen LogP contribution in [0.25, 0.3) is 0 Å². The summed E-state index contributed by atoms with van der Waals surface area (Å²) in [5, 5.41) is 3.89. The van der Waals surface area contributed by atoms with Crippen LogP contribution in [0, 0.1) is 5.82 Å². The van der Waals surface area contributed by atoms with Gasteiger partial charge in [0.05, 0.1) is 10.9 Å². The minimum Gasteiger partial charge on any atom is -0.491 e. The molecule has 0 N–H and O–H groups in total. The van der Waals surface area contributed by atoms with Crippen molar-refractivity contribution in [2.24, 2.45) is 0 Å². The van der Waals surface area contributed by atoms with Gasteiger partial charge in [0.15, 0.2) is 0 Å². The van der Waals surface area contributed by atoms with E-state index in [4.69, 9.17) is 4.74 Å². The molecule has 0 radical (unpaired) electrons. The van der Waals surface area contributed by atoms with Crippen molar-refractivity contribution in [1.82, 2.24) is 9.80 Å². The molecule has 168 valence electrons. The van der Waals surface area contributed by atoms with Gasteiger partial charge in [0.2, 0.25) is 5.91 Å². The summed E-state index contributed by atoms with van der Waals surface area (Å²) in [6.07, 6.45) is 1.55. The first-order valence-corrected chi connectivity index (χ1v) is 12.4. The second kappa shape index (κ2) is 10.3. The van der Waals surface area contributed by atoms with Gasteiger partial charge in [0.1, 0.15) is 24.7 Å². The number of hydrogen-bond donors (Lipinski definition) is 0. The third-order valence-electron chi connectivity index (χ3n) is 5.46. The molecule has 2 amide bonds. The SMILES string of the molecule is CCCN(CC(=O)N1CCc2sccc2C1COc1cccc(F)c1)C(=O)c1cccs1. The molecule has 0 aliphatic carbocycles. The van der Waals surface area contributed by atoms with Crippen LogP contribution in [0.3, 0.4) is 0 Å². The summed E-state index contributed by atoms with van der Waals surface area (Å²) in [6, 6.07) is 11.4. The first-order chi connectivity index (χ1) is 15.6. The Morgan fingerprint density at radius 3 is 2.81 bits per heavy atom. The molecule has 1 unspecified atom stereocenters. The fraction of sp³-hybridized carbons (Fsp3) is 0.333. The van der Waals surface area contributed by atoms with Gasteiger partial charge in [0, 0.05) is 24.0 Å². The van der Waals surface area contributed by atoms with Crippen LogP contribution in [0.2, 0.25) is 0 Å². The Kier molecular flexibility index (Phi) is 7.22. The van der Waals surface area contributed by atoms with Crippen LogP contribution in [0.5, 0.6) is 5.75 Å². The largest absolute Gasteiger partial charge is 0.491 e. The van der Waals surface area contributed by atoms with E-state index in [0.717, 1.165) is 18.4 Å². The highest BCUT2D eigenvalue weighted by Gasteiger charge is 2.33. The molecule has 8 heteroatoms. The van der Waals surface area contributed by atoms with Crippen molar-refractivity contribution in [2.45, 2.75) is 25.8 Å². The Labute approximate surface area is 195 Å². The maximum atomic E-state index is 13.6. The number of amides is 2. The lowest BCUT2D eigenvalue weighted by Crippen LogP contribution is -2.48. The van der Waals surface area contributed by atoms with Gasteiger partial charge in [-0.2, -0.15) is 0 Å². The number of rotatable bonds is 8. The summed E-state index contributed by atoms with van der Waals surface area (Å²) in [6.45, 7) is 3.33. The molecule has 0 bridgehead atoms. The third kappa shape index (κ3) is 5.02. The monoisotopic (exact) mass is 472 g/mol. The smallest absolute Gasteiger partial charge is 0.264 e. The maximum Gasteiger partial charge on any atom is 0.264 e. The molecule has 5 nitrogen and oxygen atoms in total. The third-order valence-corrected chi connectivity index (χ3v) is 7.31. The lowest BCUT2D eigenvalue weighted by Gasteiger charge is -2.37. The predicted molar refractivity (Wildman–Crippen MR) is 125 cm³/mol. The zero-order valence-electron chi connectivity index (χ0n) is 17.8. The van der Waals surface area contributed by atoms with Crippen molar-refractivity contribution in [2.75, 3.05) is 26.2 Å². The van der Waals surface area contributed by atoms with E-state index in [0.29, 0.717) is 23.7 Å². The van der Waals surface area contributed by atoms with Crippen LogP contribution in [0.4, 0.5) is 4.39 Å². The number of nitrogens with zero attached hydrogens (tertiary/aromatic N) is 2. The number of carbonyl (C=O) groups is 2. The highest BCUT2D eigenvalue weighted by Crippen LogP contribution is 2.34. The van der Waals surface area contributed by atoms with E-state index in [9.17, 15) is 14.0 Å². The predicted octanol–water partition coefficient (Wildman–Crippen LogP) is 5.01. The van der Waals surface area contributed by atoms with Gasteiger partial charge in [-0.05, 0) is 53.4 Å². The standard InChI is InChI=1S/C24H25FN2O3S2/c1-2-10-26(24(29)22-7-4-12-31-22)15-23(28)27-11-8-21-19(9-13-32-21)20(27)16-30-18-6-3-5-17(25)14-18/h3-7,9,12-14,20H,2,8,10-11,15-16H2,1H3. The van der Waals surface area contributed by atoms with E-state index < -0.39 is 0 Å². The minimum absolute atomic E-state index is 0.0283. The highest BCUT2D eigenvalue weighted by atomic mass is 32.1. The molecule has 1 aliphatic rings. The molecule has 0 saturated heterocycles. The van der Waals surface area contributed by atoms with Gasteiger partial charge in [0.25, 0.3) is 5.91 Å². The number of ether oxygens (including phenoxy) is 1. The van der Waals surface area contributed by atoms with Crippen molar-refractivity contribution in [3.63, 3.8) is 0 Å². The van der Waals surface area contributed by atoms with Gasteiger partial charge < -0.3 is 14.5 Å². The first-order valence-electron chi connectivity index (χ1n) is 10.6. The van der Waals surface area contributed by atoms with E-state index in [2.05, 4.69) is 0 Å². The molecule has 1 aromatic carbocycles. The second-order valence-corrected chi connectivity index (χ2v) is 9.57. The highest BCUT2D eigenvalue weighted by molar-refractivity contribution is 7.12. The van der Waals surface area contributed by atoms with E-state index in [-0.39, 0.29) is 36.8 Å². The average molecular weight is 473 g/mol. The van der Waals surface area contributed by atoms with Gasteiger partial charge >= 0.3 is 0 Å². The normalized spacial score (nSPS) is 15.3. The van der Waals surface area contributed by atoms with Gasteiger partial charge in [-0.1, -0.05) is 19.1 Å². The van der Waals surface area contributed by atoms with Crippen LogP contribution in [-0.2, 0) is 11.2 Å². The van der Waals surface area contributed by atoms with Crippen LogP contribution >= 0.6 is 22.7 Å². The number of carbonyl (C=O) groups excluding carboxylic acids is 2. The number of benzene rings is 1. The van der Waals surface area contributed by atoms with Crippen LogP contribution in [0.15, 0.2) is 53.2 Å². The first kappa shape index (κ1) is 22.5. The topological polar surface area (TPSA) is 49.9 Å². The Hall–Kier alpha value is -2.71. The Balaban J connectivity index is 1.51. The number of thiophene rings is 2. The summed E-state index contributed by atoms with van der Waals surface area (Å²) in [7, 11) is 0. The summed E-state index contributed by atoms with van der Waals surface area (Å²) in [5.74, 6) is -0.151. The molecule has 1 aliphatic heterocycles. The fourth-order valence-electron chi connectivity index (χ4n) is 3.94. The molecule has 3 heterocycles. The van der Waals surface area contributed by atoms with Crippen molar-refractivity contribution in [3.05, 3.63) is 74.4 Å². The summed E-state index contributed by atoms with van der Waals surface area (Å²) < 4.78 is 19.4. The Bertz CT molecular complexity index is 1070.